The van der Waals surface area contributed by atoms with Gasteiger partial charge in [-0.1, -0.05) is 18.2 Å². The Morgan fingerprint density at radius 3 is 2.65 bits per heavy atom. The summed E-state index contributed by atoms with van der Waals surface area (Å²) in [7, 11) is 0. The van der Waals surface area contributed by atoms with Crippen molar-refractivity contribution in [1.29, 1.82) is 0 Å². The number of carboxylic acid groups (broad SMARTS) is 1. The normalized spacial score (nSPS) is 15.1. The average Bonchev–Trinajstić information content (AvgIpc) is 2.35. The monoisotopic (exact) mass is 271 g/mol. The lowest BCUT2D eigenvalue weighted by Gasteiger charge is -2.37. The molecular weight excluding hydrogens is 258 g/mol. The smallest absolute Gasteiger partial charge is 0.310 e. The molecule has 2 aromatic rings. The number of nitrogens with zero attached hydrogens (tertiary/aromatic N) is 2. The van der Waals surface area contributed by atoms with Gasteiger partial charge in [-0.25, -0.2) is 4.98 Å². The standard InChI is InChI=1S/C14H13N3O3/c15-13(18)10-5-12(17-6-8(7-17)14(19)20)16-11-4-2-1-3-9(10)11/h1-5,8H,6-7H2,(H2,15,18)(H,19,20). The van der Waals surface area contributed by atoms with Crippen molar-refractivity contribution in [2.45, 2.75) is 0 Å². The van der Waals surface area contributed by atoms with Crippen LogP contribution in [-0.4, -0.2) is 35.1 Å². The third kappa shape index (κ3) is 1.95. The molecule has 102 valence electrons. The first-order valence-corrected chi connectivity index (χ1v) is 6.23. The Hall–Kier alpha value is -2.63. The number of benzene rings is 1. The first kappa shape index (κ1) is 12.4. The molecule has 0 bridgehead atoms. The second-order valence-corrected chi connectivity index (χ2v) is 4.85. The van der Waals surface area contributed by atoms with E-state index in [4.69, 9.17) is 10.8 Å². The molecule has 0 saturated carbocycles. The molecule has 0 radical (unpaired) electrons. The fourth-order valence-corrected chi connectivity index (χ4v) is 2.35. The number of amides is 1. The Morgan fingerprint density at radius 1 is 1.30 bits per heavy atom. The van der Waals surface area contributed by atoms with Crippen LogP contribution in [0.2, 0.25) is 0 Å². The van der Waals surface area contributed by atoms with Crippen molar-refractivity contribution in [3.05, 3.63) is 35.9 Å². The number of carboxylic acids is 1. The minimum Gasteiger partial charge on any atom is -0.481 e. The van der Waals surface area contributed by atoms with Gasteiger partial charge in [-0.3, -0.25) is 9.59 Å². The van der Waals surface area contributed by atoms with Gasteiger partial charge in [-0.05, 0) is 12.1 Å². The average molecular weight is 271 g/mol. The van der Waals surface area contributed by atoms with Gasteiger partial charge in [0.1, 0.15) is 5.82 Å². The van der Waals surface area contributed by atoms with E-state index in [-0.39, 0.29) is 5.92 Å². The Balaban J connectivity index is 2.01. The predicted molar refractivity (Wildman–Crippen MR) is 73.6 cm³/mol. The highest BCUT2D eigenvalue weighted by Crippen LogP contribution is 2.27. The van der Waals surface area contributed by atoms with Crippen molar-refractivity contribution >= 4 is 28.6 Å². The SMILES string of the molecule is NC(=O)c1cc(N2CC(C(=O)O)C2)nc2ccccc12. The number of rotatable bonds is 3. The van der Waals surface area contributed by atoms with Gasteiger partial charge < -0.3 is 15.7 Å². The summed E-state index contributed by atoms with van der Waals surface area (Å²) in [6.45, 7) is 0.803. The topological polar surface area (TPSA) is 96.5 Å². The molecule has 0 unspecified atom stereocenters. The summed E-state index contributed by atoms with van der Waals surface area (Å²) in [6, 6.07) is 8.88. The number of primary amides is 1. The van der Waals surface area contributed by atoms with Crippen molar-refractivity contribution in [2.75, 3.05) is 18.0 Å². The highest BCUT2D eigenvalue weighted by Gasteiger charge is 2.33. The quantitative estimate of drug-likeness (QED) is 0.862. The first-order valence-electron chi connectivity index (χ1n) is 6.23. The van der Waals surface area contributed by atoms with Gasteiger partial charge >= 0.3 is 5.97 Å². The van der Waals surface area contributed by atoms with Crippen molar-refractivity contribution in [3.8, 4) is 0 Å². The number of carbonyl (C=O) groups is 2. The lowest BCUT2D eigenvalue weighted by atomic mass is 10.00. The zero-order valence-electron chi connectivity index (χ0n) is 10.6. The van der Waals surface area contributed by atoms with Crippen LogP contribution >= 0.6 is 0 Å². The molecule has 6 nitrogen and oxygen atoms in total. The van der Waals surface area contributed by atoms with Crippen LogP contribution in [0.15, 0.2) is 30.3 Å². The highest BCUT2D eigenvalue weighted by molar-refractivity contribution is 6.06. The molecule has 6 heteroatoms. The van der Waals surface area contributed by atoms with E-state index in [1.165, 1.54) is 0 Å². The van der Waals surface area contributed by atoms with Gasteiger partial charge in [0.25, 0.3) is 0 Å². The Bertz CT molecular complexity index is 708. The lowest BCUT2D eigenvalue weighted by molar-refractivity contribution is -0.142. The Kier molecular flexibility index (Phi) is 2.78. The molecule has 0 spiro atoms. The van der Waals surface area contributed by atoms with Gasteiger partial charge in [-0.15, -0.1) is 0 Å². The van der Waals surface area contributed by atoms with Crippen LogP contribution in [0.4, 0.5) is 5.82 Å². The van der Waals surface area contributed by atoms with Crippen LogP contribution in [0.25, 0.3) is 10.9 Å². The minimum absolute atomic E-state index is 0.375. The summed E-state index contributed by atoms with van der Waals surface area (Å²) in [5.74, 6) is -1.10. The Labute approximate surface area is 114 Å². The molecule has 2 heterocycles. The fraction of sp³-hybridized carbons (Fsp3) is 0.214. The van der Waals surface area contributed by atoms with E-state index in [9.17, 15) is 9.59 Å². The number of carbonyl (C=O) groups excluding carboxylic acids is 1. The first-order chi connectivity index (χ1) is 9.56. The molecule has 1 aliphatic rings. The van der Waals surface area contributed by atoms with Crippen LogP contribution < -0.4 is 10.6 Å². The maximum Gasteiger partial charge on any atom is 0.310 e. The van der Waals surface area contributed by atoms with Crippen LogP contribution in [-0.2, 0) is 4.79 Å². The van der Waals surface area contributed by atoms with Crippen molar-refractivity contribution in [3.63, 3.8) is 0 Å². The number of para-hydroxylation sites is 1. The number of aromatic nitrogens is 1. The van der Waals surface area contributed by atoms with E-state index in [0.29, 0.717) is 35.4 Å². The molecule has 1 amide bonds. The predicted octanol–water partition coefficient (Wildman–Crippen LogP) is 0.854. The fourth-order valence-electron chi connectivity index (χ4n) is 2.35. The molecule has 1 aliphatic heterocycles. The van der Waals surface area contributed by atoms with Gasteiger partial charge in [0.05, 0.1) is 17.0 Å². The zero-order valence-corrected chi connectivity index (χ0v) is 10.6. The second-order valence-electron chi connectivity index (χ2n) is 4.85. The van der Waals surface area contributed by atoms with Crippen LogP contribution in [0.3, 0.4) is 0 Å². The van der Waals surface area contributed by atoms with E-state index in [0.717, 1.165) is 0 Å². The summed E-state index contributed by atoms with van der Waals surface area (Å²) >= 11 is 0. The zero-order chi connectivity index (χ0) is 14.3. The van der Waals surface area contributed by atoms with E-state index in [1.807, 2.05) is 17.0 Å². The minimum atomic E-state index is -0.808. The number of pyridine rings is 1. The van der Waals surface area contributed by atoms with E-state index in [2.05, 4.69) is 4.98 Å². The molecule has 20 heavy (non-hydrogen) atoms. The number of nitrogens with two attached hydrogens (primary N) is 1. The van der Waals surface area contributed by atoms with Crippen LogP contribution in [0, 0.1) is 5.92 Å². The second kappa shape index (κ2) is 4.48. The number of hydrogen-bond acceptors (Lipinski definition) is 4. The third-order valence-electron chi connectivity index (χ3n) is 3.52. The third-order valence-corrected chi connectivity index (χ3v) is 3.52. The molecule has 1 aromatic carbocycles. The van der Waals surface area contributed by atoms with E-state index >= 15 is 0 Å². The van der Waals surface area contributed by atoms with Crippen LogP contribution in [0.1, 0.15) is 10.4 Å². The Morgan fingerprint density at radius 2 is 2.00 bits per heavy atom. The molecule has 1 saturated heterocycles. The maximum atomic E-state index is 11.6. The molecule has 0 atom stereocenters. The summed E-state index contributed by atoms with van der Waals surface area (Å²) in [5, 5.41) is 9.60. The molecular formula is C14H13N3O3. The van der Waals surface area contributed by atoms with Crippen molar-refractivity contribution < 1.29 is 14.7 Å². The number of fused-ring (bicyclic) bond motifs is 1. The molecule has 3 rings (SSSR count). The largest absolute Gasteiger partial charge is 0.481 e. The van der Waals surface area contributed by atoms with Crippen LogP contribution in [0.5, 0.6) is 0 Å². The van der Waals surface area contributed by atoms with Gasteiger partial charge in [0, 0.05) is 18.5 Å². The van der Waals surface area contributed by atoms with Crippen molar-refractivity contribution in [1.82, 2.24) is 4.98 Å². The van der Waals surface area contributed by atoms with Gasteiger partial charge in [0.2, 0.25) is 5.91 Å². The lowest BCUT2D eigenvalue weighted by Crippen LogP contribution is -2.50. The van der Waals surface area contributed by atoms with Gasteiger partial charge in [0.15, 0.2) is 0 Å². The van der Waals surface area contributed by atoms with Crippen molar-refractivity contribution in [2.24, 2.45) is 11.7 Å². The summed E-state index contributed by atoms with van der Waals surface area (Å²) in [4.78, 5) is 28.7. The maximum absolute atomic E-state index is 11.6. The van der Waals surface area contributed by atoms with E-state index in [1.54, 1.807) is 18.2 Å². The summed E-state index contributed by atoms with van der Waals surface area (Å²) < 4.78 is 0. The number of aliphatic carboxylic acids is 1. The number of anilines is 1. The highest BCUT2D eigenvalue weighted by atomic mass is 16.4. The number of hydrogen-bond donors (Lipinski definition) is 2. The van der Waals surface area contributed by atoms with Gasteiger partial charge in [-0.2, -0.15) is 0 Å². The molecule has 1 aromatic heterocycles. The van der Waals surface area contributed by atoms with E-state index < -0.39 is 11.9 Å². The molecule has 1 fully saturated rings. The molecule has 3 N–H and O–H groups in total. The summed E-state index contributed by atoms with van der Waals surface area (Å²) in [6.07, 6.45) is 0. The molecule has 0 aliphatic carbocycles. The summed E-state index contributed by atoms with van der Waals surface area (Å²) in [5.41, 5.74) is 6.49.